The Bertz CT molecular complexity index is 932. The molecule has 1 saturated heterocycles. The Kier molecular flexibility index (Phi) is 5.33. The quantitative estimate of drug-likeness (QED) is 0.691. The van der Waals surface area contributed by atoms with E-state index < -0.39 is 0 Å². The summed E-state index contributed by atoms with van der Waals surface area (Å²) in [7, 11) is 0. The second-order valence-corrected chi connectivity index (χ2v) is 7.29. The third-order valence-corrected chi connectivity index (χ3v) is 4.94. The van der Waals surface area contributed by atoms with Crippen molar-refractivity contribution in [1.29, 1.82) is 0 Å². The van der Waals surface area contributed by atoms with E-state index in [1.54, 1.807) is 11.3 Å². The highest BCUT2D eigenvalue weighted by Gasteiger charge is 2.18. The fraction of sp³-hybridized carbons (Fsp3) is 0.389. The maximum Gasteiger partial charge on any atom is 0.273 e. The summed E-state index contributed by atoms with van der Waals surface area (Å²) in [5.74, 6) is 0.678. The molecule has 0 spiro atoms. The van der Waals surface area contributed by atoms with Crippen LogP contribution in [0.15, 0.2) is 28.9 Å². The number of amides is 1. The van der Waals surface area contributed by atoms with Gasteiger partial charge in [0, 0.05) is 12.6 Å². The Morgan fingerprint density at radius 3 is 3.15 bits per heavy atom. The first kappa shape index (κ1) is 17.9. The van der Waals surface area contributed by atoms with Gasteiger partial charge in [-0.15, -0.1) is 11.3 Å². The fourth-order valence-electron chi connectivity index (χ4n) is 2.69. The Balaban J connectivity index is 1.30. The zero-order valence-corrected chi connectivity index (χ0v) is 15.6. The van der Waals surface area contributed by atoms with E-state index in [2.05, 4.69) is 15.3 Å². The molecule has 8 nitrogen and oxygen atoms in total. The highest BCUT2D eigenvalue weighted by Crippen LogP contribution is 2.25. The molecule has 0 radical (unpaired) electrons. The van der Waals surface area contributed by atoms with Gasteiger partial charge in [0.05, 0.1) is 41.1 Å². The summed E-state index contributed by atoms with van der Waals surface area (Å²) in [6.07, 6.45) is 1.18. The molecule has 1 aromatic carbocycles. The SMILES string of the molecule is Cc1nc2cc(OCc3nc(C(=O)NC[C@H]4COCCO4)co3)ccc2s1. The molecular weight excluding hydrogens is 370 g/mol. The second kappa shape index (κ2) is 8.03. The molecule has 3 aromatic rings. The molecule has 142 valence electrons. The number of benzene rings is 1. The highest BCUT2D eigenvalue weighted by atomic mass is 32.1. The van der Waals surface area contributed by atoms with Gasteiger partial charge in [0.2, 0.25) is 5.89 Å². The van der Waals surface area contributed by atoms with E-state index in [1.807, 2.05) is 25.1 Å². The molecule has 1 amide bonds. The zero-order chi connectivity index (χ0) is 18.6. The van der Waals surface area contributed by atoms with Crippen LogP contribution in [-0.2, 0) is 16.1 Å². The maximum atomic E-state index is 12.1. The van der Waals surface area contributed by atoms with E-state index in [9.17, 15) is 4.79 Å². The van der Waals surface area contributed by atoms with Crippen molar-refractivity contribution in [3.63, 3.8) is 0 Å². The topological polar surface area (TPSA) is 95.7 Å². The van der Waals surface area contributed by atoms with Crippen LogP contribution in [0.25, 0.3) is 10.2 Å². The first-order valence-electron chi connectivity index (χ1n) is 8.59. The minimum absolute atomic E-state index is 0.126. The molecule has 3 heterocycles. The number of aromatic nitrogens is 2. The van der Waals surface area contributed by atoms with Crippen molar-refractivity contribution >= 4 is 27.5 Å². The molecule has 0 bridgehead atoms. The molecule has 0 aliphatic carbocycles. The van der Waals surface area contributed by atoms with Gasteiger partial charge in [0.15, 0.2) is 12.3 Å². The number of carbonyl (C=O) groups excluding carboxylic acids is 1. The molecule has 1 fully saturated rings. The van der Waals surface area contributed by atoms with Gasteiger partial charge in [-0.05, 0) is 19.1 Å². The zero-order valence-electron chi connectivity index (χ0n) is 14.8. The third kappa shape index (κ3) is 4.44. The highest BCUT2D eigenvalue weighted by molar-refractivity contribution is 7.18. The van der Waals surface area contributed by atoms with Gasteiger partial charge in [-0.2, -0.15) is 0 Å². The van der Waals surface area contributed by atoms with Gasteiger partial charge in [-0.1, -0.05) is 0 Å². The molecule has 4 rings (SSSR count). The molecule has 9 heteroatoms. The van der Waals surface area contributed by atoms with Crippen molar-refractivity contribution in [1.82, 2.24) is 15.3 Å². The molecular formula is C18H19N3O5S. The molecule has 2 aromatic heterocycles. The van der Waals surface area contributed by atoms with E-state index in [0.29, 0.717) is 38.0 Å². The molecule has 1 atom stereocenters. The van der Waals surface area contributed by atoms with Crippen LogP contribution in [0.1, 0.15) is 21.4 Å². The van der Waals surface area contributed by atoms with Gasteiger partial charge in [0.25, 0.3) is 5.91 Å². The van der Waals surface area contributed by atoms with Gasteiger partial charge in [-0.25, -0.2) is 9.97 Å². The van der Waals surface area contributed by atoms with Crippen molar-refractivity contribution in [2.24, 2.45) is 0 Å². The number of ether oxygens (including phenoxy) is 3. The predicted molar refractivity (Wildman–Crippen MR) is 98.1 cm³/mol. The first-order chi connectivity index (χ1) is 13.2. The number of nitrogens with zero attached hydrogens (tertiary/aromatic N) is 2. The smallest absolute Gasteiger partial charge is 0.273 e. The number of rotatable bonds is 6. The Labute approximate surface area is 159 Å². The maximum absolute atomic E-state index is 12.1. The minimum atomic E-state index is -0.321. The number of carbonyl (C=O) groups is 1. The molecule has 0 unspecified atom stereocenters. The standard InChI is InChI=1S/C18H19N3O5S/c1-11-20-14-6-12(2-3-16(14)27-11)25-10-17-21-15(9-26-17)18(22)19-7-13-8-23-4-5-24-13/h2-3,6,9,13H,4-5,7-8,10H2,1H3,(H,19,22)/t13-/m0/s1. The van der Waals surface area contributed by atoms with Crippen molar-refractivity contribution < 1.29 is 23.4 Å². The number of fused-ring (bicyclic) bond motifs is 1. The number of hydrogen-bond donors (Lipinski definition) is 1. The lowest BCUT2D eigenvalue weighted by atomic mass is 10.3. The monoisotopic (exact) mass is 389 g/mol. The van der Waals surface area contributed by atoms with Crippen LogP contribution in [-0.4, -0.2) is 48.3 Å². The van der Waals surface area contributed by atoms with Gasteiger partial charge in [-0.3, -0.25) is 4.79 Å². The molecule has 1 aliphatic rings. The molecule has 27 heavy (non-hydrogen) atoms. The Morgan fingerprint density at radius 2 is 2.30 bits per heavy atom. The van der Waals surface area contributed by atoms with Crippen LogP contribution in [0.4, 0.5) is 0 Å². The van der Waals surface area contributed by atoms with E-state index in [-0.39, 0.29) is 24.3 Å². The van der Waals surface area contributed by atoms with Gasteiger partial charge in [0.1, 0.15) is 12.0 Å². The van der Waals surface area contributed by atoms with E-state index in [4.69, 9.17) is 18.6 Å². The predicted octanol–water partition coefficient (Wildman–Crippen LogP) is 2.32. The summed E-state index contributed by atoms with van der Waals surface area (Å²) in [6, 6.07) is 5.73. The van der Waals surface area contributed by atoms with Crippen molar-refractivity contribution in [2.75, 3.05) is 26.4 Å². The largest absolute Gasteiger partial charge is 0.484 e. The average molecular weight is 389 g/mol. The number of hydrogen-bond acceptors (Lipinski definition) is 8. The third-order valence-electron chi connectivity index (χ3n) is 3.99. The second-order valence-electron chi connectivity index (χ2n) is 6.06. The normalized spacial score (nSPS) is 17.1. The van der Waals surface area contributed by atoms with Crippen LogP contribution in [0.2, 0.25) is 0 Å². The van der Waals surface area contributed by atoms with E-state index in [1.165, 1.54) is 6.26 Å². The Hall–Kier alpha value is -2.49. The average Bonchev–Trinajstić information content (AvgIpc) is 3.30. The summed E-state index contributed by atoms with van der Waals surface area (Å²) in [5, 5.41) is 3.77. The minimum Gasteiger partial charge on any atom is -0.484 e. The van der Waals surface area contributed by atoms with Crippen molar-refractivity contribution in [3.8, 4) is 5.75 Å². The van der Waals surface area contributed by atoms with Crippen LogP contribution in [0, 0.1) is 6.92 Å². The molecule has 0 saturated carbocycles. The summed E-state index contributed by atoms with van der Waals surface area (Å²) < 4.78 is 22.9. The number of nitrogens with one attached hydrogen (secondary N) is 1. The van der Waals surface area contributed by atoms with Crippen molar-refractivity contribution in [2.45, 2.75) is 19.6 Å². The summed E-state index contributed by atoms with van der Waals surface area (Å²) >= 11 is 1.64. The molecule has 1 aliphatic heterocycles. The lowest BCUT2D eigenvalue weighted by Gasteiger charge is -2.22. The summed E-state index contributed by atoms with van der Waals surface area (Å²) in [4.78, 5) is 20.8. The Morgan fingerprint density at radius 1 is 1.37 bits per heavy atom. The number of aryl methyl sites for hydroxylation is 1. The van der Waals surface area contributed by atoms with Crippen molar-refractivity contribution in [3.05, 3.63) is 41.1 Å². The number of oxazole rings is 1. The van der Waals surface area contributed by atoms with Gasteiger partial charge >= 0.3 is 0 Å². The van der Waals surface area contributed by atoms with Crippen LogP contribution in [0.5, 0.6) is 5.75 Å². The van der Waals surface area contributed by atoms with Gasteiger partial charge < -0.3 is 23.9 Å². The van der Waals surface area contributed by atoms with Crippen LogP contribution < -0.4 is 10.1 Å². The molecule has 1 N–H and O–H groups in total. The van der Waals surface area contributed by atoms with Crippen LogP contribution >= 0.6 is 11.3 Å². The van der Waals surface area contributed by atoms with Crippen LogP contribution in [0.3, 0.4) is 0 Å². The first-order valence-corrected chi connectivity index (χ1v) is 9.41. The van der Waals surface area contributed by atoms with E-state index >= 15 is 0 Å². The lowest BCUT2D eigenvalue weighted by Crippen LogP contribution is -2.39. The fourth-order valence-corrected chi connectivity index (χ4v) is 3.50. The lowest BCUT2D eigenvalue weighted by molar-refractivity contribution is -0.0855. The number of thiazole rings is 1. The summed E-state index contributed by atoms with van der Waals surface area (Å²) in [5.41, 5.74) is 1.10. The van der Waals surface area contributed by atoms with E-state index in [0.717, 1.165) is 15.2 Å². The summed E-state index contributed by atoms with van der Waals surface area (Å²) in [6.45, 7) is 4.06.